The second kappa shape index (κ2) is 5.72. The van der Waals surface area contributed by atoms with Gasteiger partial charge < -0.3 is 14.5 Å². The van der Waals surface area contributed by atoms with Crippen molar-refractivity contribution in [2.75, 3.05) is 33.7 Å². The van der Waals surface area contributed by atoms with Crippen molar-refractivity contribution in [1.82, 2.24) is 9.80 Å². The molecule has 1 aromatic carbocycles. The van der Waals surface area contributed by atoms with Crippen molar-refractivity contribution in [2.24, 2.45) is 11.8 Å². The maximum Gasteiger partial charge on any atom is 0.254 e. The molecule has 1 aromatic rings. The molecule has 4 rings (SSSR count). The van der Waals surface area contributed by atoms with Crippen molar-refractivity contribution in [3.63, 3.8) is 0 Å². The molecular weight excluding hydrogens is 324 g/mol. The molecule has 3 heterocycles. The first kappa shape index (κ1) is 16.4. The number of hydrogen-bond acceptors (Lipinski definition) is 3. The Bertz CT molecular complexity index is 677. The summed E-state index contributed by atoms with van der Waals surface area (Å²) in [5.74, 6) is 1.12. The van der Waals surface area contributed by atoms with Crippen LogP contribution in [-0.2, 0) is 4.74 Å². The van der Waals surface area contributed by atoms with Crippen LogP contribution in [0.15, 0.2) is 18.2 Å². The molecule has 5 heteroatoms. The fourth-order valence-corrected chi connectivity index (χ4v) is 5.28. The number of carbonyl (C=O) groups excluding carboxylic acids is 1. The number of ether oxygens (including phenoxy) is 1. The van der Waals surface area contributed by atoms with E-state index >= 15 is 0 Å². The summed E-state index contributed by atoms with van der Waals surface area (Å²) < 4.78 is 6.42. The standard InChI is InChI=1S/C19H25ClN2O2/c1-12-8-13(20)4-5-14(12)18(23)22-10-16-15(9-21(2)3)17-6-7-19(16,11-22)24-17/h4-5,8,15-17H,6-7,9-11H2,1-3H3/t15-,16+,17+,19+/m0/s1. The van der Waals surface area contributed by atoms with E-state index in [1.165, 1.54) is 0 Å². The average molecular weight is 349 g/mol. The molecule has 0 aromatic heterocycles. The van der Waals surface area contributed by atoms with E-state index in [4.69, 9.17) is 16.3 Å². The quantitative estimate of drug-likeness (QED) is 0.842. The summed E-state index contributed by atoms with van der Waals surface area (Å²) in [5.41, 5.74) is 1.60. The van der Waals surface area contributed by atoms with Crippen LogP contribution in [-0.4, -0.2) is 61.1 Å². The van der Waals surface area contributed by atoms with E-state index in [0.29, 0.717) is 23.0 Å². The predicted octanol–water partition coefficient (Wildman–Crippen LogP) is 2.83. The van der Waals surface area contributed by atoms with Gasteiger partial charge in [0.05, 0.1) is 18.2 Å². The molecular formula is C19H25ClN2O2. The molecule has 3 fully saturated rings. The van der Waals surface area contributed by atoms with E-state index in [1.807, 2.05) is 24.0 Å². The number of nitrogens with zero attached hydrogens (tertiary/aromatic N) is 2. The highest BCUT2D eigenvalue weighted by molar-refractivity contribution is 6.30. The van der Waals surface area contributed by atoms with Crippen LogP contribution in [0.3, 0.4) is 0 Å². The van der Waals surface area contributed by atoms with Gasteiger partial charge in [-0.15, -0.1) is 0 Å². The van der Waals surface area contributed by atoms with E-state index in [0.717, 1.165) is 43.6 Å². The van der Waals surface area contributed by atoms with Gasteiger partial charge in [0.2, 0.25) is 0 Å². The minimum atomic E-state index is -0.0959. The zero-order chi connectivity index (χ0) is 17.1. The third kappa shape index (κ3) is 2.47. The fourth-order valence-electron chi connectivity index (χ4n) is 5.05. The van der Waals surface area contributed by atoms with E-state index in [2.05, 4.69) is 19.0 Å². The molecule has 0 N–H and O–H groups in total. The van der Waals surface area contributed by atoms with Gasteiger partial charge in [0.1, 0.15) is 0 Å². The third-order valence-electron chi connectivity index (χ3n) is 6.07. The summed E-state index contributed by atoms with van der Waals surface area (Å²) in [4.78, 5) is 17.3. The molecule has 1 spiro atoms. The fraction of sp³-hybridized carbons (Fsp3) is 0.632. The normalized spacial score (nSPS) is 34.2. The molecule has 0 aliphatic carbocycles. The Balaban J connectivity index is 1.56. The maximum absolute atomic E-state index is 13.0. The number of likely N-dealkylation sites (tertiary alicyclic amines) is 1. The second-order valence-corrected chi connectivity index (χ2v) is 8.37. The number of halogens is 1. The molecule has 24 heavy (non-hydrogen) atoms. The summed E-state index contributed by atoms with van der Waals surface area (Å²) >= 11 is 6.03. The third-order valence-corrected chi connectivity index (χ3v) is 6.30. The Morgan fingerprint density at radius 3 is 2.96 bits per heavy atom. The van der Waals surface area contributed by atoms with Crippen LogP contribution in [0.25, 0.3) is 0 Å². The molecule has 0 saturated carbocycles. The average Bonchev–Trinajstić information content (AvgIpc) is 3.16. The number of carbonyl (C=O) groups is 1. The summed E-state index contributed by atoms with van der Waals surface area (Å²) in [6, 6.07) is 5.51. The Labute approximate surface area is 148 Å². The molecule has 4 atom stereocenters. The van der Waals surface area contributed by atoms with Gasteiger partial charge in [-0.2, -0.15) is 0 Å². The van der Waals surface area contributed by atoms with Crippen molar-refractivity contribution >= 4 is 17.5 Å². The number of rotatable bonds is 3. The van der Waals surface area contributed by atoms with Gasteiger partial charge in [-0.25, -0.2) is 0 Å². The molecule has 130 valence electrons. The molecule has 3 aliphatic rings. The Kier molecular flexibility index (Phi) is 3.90. The first-order valence-electron chi connectivity index (χ1n) is 8.77. The molecule has 1 amide bonds. The second-order valence-electron chi connectivity index (χ2n) is 7.94. The topological polar surface area (TPSA) is 32.8 Å². The van der Waals surface area contributed by atoms with Crippen LogP contribution >= 0.6 is 11.6 Å². The molecule has 0 radical (unpaired) electrons. The van der Waals surface area contributed by atoms with Crippen molar-refractivity contribution < 1.29 is 9.53 Å². The Morgan fingerprint density at radius 1 is 1.46 bits per heavy atom. The number of amides is 1. The van der Waals surface area contributed by atoms with Crippen LogP contribution in [0, 0.1) is 18.8 Å². The van der Waals surface area contributed by atoms with Crippen LogP contribution in [0.4, 0.5) is 0 Å². The van der Waals surface area contributed by atoms with E-state index < -0.39 is 0 Å². The van der Waals surface area contributed by atoms with Gasteiger partial charge >= 0.3 is 0 Å². The number of hydrogen-bond donors (Lipinski definition) is 0. The first-order valence-corrected chi connectivity index (χ1v) is 9.15. The lowest BCUT2D eigenvalue weighted by molar-refractivity contribution is 0.00255. The highest BCUT2D eigenvalue weighted by atomic mass is 35.5. The number of aryl methyl sites for hydroxylation is 1. The predicted molar refractivity (Wildman–Crippen MR) is 94.5 cm³/mol. The minimum Gasteiger partial charge on any atom is -0.369 e. The highest BCUT2D eigenvalue weighted by Crippen LogP contribution is 2.55. The lowest BCUT2D eigenvalue weighted by Crippen LogP contribution is -2.40. The van der Waals surface area contributed by atoms with Gasteiger partial charge in [0.15, 0.2) is 0 Å². The van der Waals surface area contributed by atoms with Gasteiger partial charge in [0, 0.05) is 35.5 Å². The molecule has 2 bridgehead atoms. The largest absolute Gasteiger partial charge is 0.369 e. The van der Waals surface area contributed by atoms with Gasteiger partial charge in [-0.1, -0.05) is 11.6 Å². The Morgan fingerprint density at radius 2 is 2.25 bits per heavy atom. The molecule has 3 aliphatic heterocycles. The molecule has 0 unspecified atom stereocenters. The van der Waals surface area contributed by atoms with Crippen molar-refractivity contribution in [1.29, 1.82) is 0 Å². The van der Waals surface area contributed by atoms with E-state index in [-0.39, 0.29) is 11.5 Å². The van der Waals surface area contributed by atoms with Gasteiger partial charge in [0.25, 0.3) is 5.91 Å². The maximum atomic E-state index is 13.0. The van der Waals surface area contributed by atoms with Crippen LogP contribution in [0.1, 0.15) is 28.8 Å². The highest BCUT2D eigenvalue weighted by Gasteiger charge is 2.63. The van der Waals surface area contributed by atoms with Crippen molar-refractivity contribution in [3.8, 4) is 0 Å². The minimum absolute atomic E-state index is 0.0959. The van der Waals surface area contributed by atoms with E-state index in [1.54, 1.807) is 6.07 Å². The van der Waals surface area contributed by atoms with Crippen molar-refractivity contribution in [3.05, 3.63) is 34.3 Å². The SMILES string of the molecule is Cc1cc(Cl)ccc1C(=O)N1C[C@@H]2[C@H](CN(C)C)[C@H]3CC[C@]2(C1)O3. The number of benzene rings is 1. The van der Waals surface area contributed by atoms with Crippen LogP contribution < -0.4 is 0 Å². The molecule has 3 saturated heterocycles. The summed E-state index contributed by atoms with van der Waals surface area (Å²) in [6.45, 7) is 4.54. The van der Waals surface area contributed by atoms with Crippen LogP contribution in [0.2, 0.25) is 5.02 Å². The Hall–Kier alpha value is -1.10. The monoisotopic (exact) mass is 348 g/mol. The van der Waals surface area contributed by atoms with E-state index in [9.17, 15) is 4.79 Å². The molecule has 4 nitrogen and oxygen atoms in total. The van der Waals surface area contributed by atoms with Crippen molar-refractivity contribution in [2.45, 2.75) is 31.5 Å². The zero-order valence-electron chi connectivity index (χ0n) is 14.6. The summed E-state index contributed by atoms with van der Waals surface area (Å²) in [7, 11) is 4.24. The summed E-state index contributed by atoms with van der Waals surface area (Å²) in [6.07, 6.45) is 2.61. The lowest BCUT2D eigenvalue weighted by Gasteiger charge is -2.30. The van der Waals surface area contributed by atoms with Gasteiger partial charge in [-0.3, -0.25) is 4.79 Å². The van der Waals surface area contributed by atoms with Gasteiger partial charge in [-0.05, 0) is 57.6 Å². The smallest absolute Gasteiger partial charge is 0.254 e. The first-order chi connectivity index (χ1) is 11.4. The number of fused-ring (bicyclic) bond motifs is 1. The summed E-state index contributed by atoms with van der Waals surface area (Å²) in [5, 5.41) is 0.675. The van der Waals surface area contributed by atoms with Crippen LogP contribution in [0.5, 0.6) is 0 Å². The lowest BCUT2D eigenvalue weighted by atomic mass is 9.73. The zero-order valence-corrected chi connectivity index (χ0v) is 15.3.